The third kappa shape index (κ3) is 5.07. The van der Waals surface area contributed by atoms with Crippen molar-refractivity contribution in [1.29, 1.82) is 0 Å². The molecule has 0 saturated carbocycles. The largest absolute Gasteiger partial charge is 0.484 e. The van der Waals surface area contributed by atoms with Crippen molar-refractivity contribution in [1.82, 2.24) is 9.99 Å². The van der Waals surface area contributed by atoms with Gasteiger partial charge in [0.25, 0.3) is 11.6 Å². The minimum Gasteiger partial charge on any atom is -0.484 e. The molecule has 3 rings (SSSR count). The van der Waals surface area contributed by atoms with Crippen LogP contribution in [0.5, 0.6) is 5.75 Å². The van der Waals surface area contributed by atoms with Crippen LogP contribution in [0.25, 0.3) is 5.69 Å². The molecule has 0 spiro atoms. The van der Waals surface area contributed by atoms with E-state index < -0.39 is 4.92 Å². The Balaban J connectivity index is 1.58. The zero-order chi connectivity index (χ0) is 20.8. The first-order valence-electron chi connectivity index (χ1n) is 8.88. The minimum atomic E-state index is -0.447. The average Bonchev–Trinajstić information content (AvgIpc) is 3.17. The molecule has 29 heavy (non-hydrogen) atoms. The molecule has 0 saturated heterocycles. The molecule has 0 atom stereocenters. The van der Waals surface area contributed by atoms with E-state index in [2.05, 4.69) is 10.5 Å². The zero-order valence-corrected chi connectivity index (χ0v) is 16.0. The average molecular weight is 392 g/mol. The molecule has 0 aliphatic carbocycles. The maximum atomic E-state index is 11.9. The van der Waals surface area contributed by atoms with E-state index in [0.29, 0.717) is 11.4 Å². The molecule has 0 aliphatic rings. The predicted octanol–water partition coefficient (Wildman–Crippen LogP) is 3.53. The lowest BCUT2D eigenvalue weighted by atomic mass is 10.1. The highest BCUT2D eigenvalue weighted by Gasteiger charge is 2.07. The van der Waals surface area contributed by atoms with E-state index in [1.807, 2.05) is 44.2 Å². The molecule has 0 unspecified atom stereocenters. The number of rotatable bonds is 7. The van der Waals surface area contributed by atoms with Crippen molar-refractivity contribution in [3.8, 4) is 11.4 Å². The highest BCUT2D eigenvalue weighted by Crippen LogP contribution is 2.17. The van der Waals surface area contributed by atoms with Crippen molar-refractivity contribution in [2.24, 2.45) is 5.10 Å². The quantitative estimate of drug-likeness (QED) is 0.378. The second kappa shape index (κ2) is 8.83. The van der Waals surface area contributed by atoms with Gasteiger partial charge in [0.15, 0.2) is 6.61 Å². The highest BCUT2D eigenvalue weighted by atomic mass is 16.6. The van der Waals surface area contributed by atoms with Gasteiger partial charge < -0.3 is 9.30 Å². The third-order valence-electron chi connectivity index (χ3n) is 4.35. The number of hydrogen-bond acceptors (Lipinski definition) is 5. The summed E-state index contributed by atoms with van der Waals surface area (Å²) in [6.07, 6.45) is 3.29. The molecule has 0 bridgehead atoms. The minimum absolute atomic E-state index is 0.0205. The number of aromatic nitrogens is 1. The van der Waals surface area contributed by atoms with E-state index in [4.69, 9.17) is 4.74 Å². The van der Waals surface area contributed by atoms with Crippen LogP contribution < -0.4 is 10.2 Å². The van der Waals surface area contributed by atoms with Crippen LogP contribution in [-0.4, -0.2) is 28.2 Å². The second-order valence-electron chi connectivity index (χ2n) is 6.40. The first-order chi connectivity index (χ1) is 13.9. The monoisotopic (exact) mass is 392 g/mol. The summed E-state index contributed by atoms with van der Waals surface area (Å²) in [5.74, 6) is 0.243. The molecule has 1 amide bonds. The van der Waals surface area contributed by atoms with Crippen LogP contribution in [0.15, 0.2) is 65.9 Å². The van der Waals surface area contributed by atoms with Crippen molar-refractivity contribution >= 4 is 17.8 Å². The van der Waals surface area contributed by atoms with Crippen molar-refractivity contribution in [3.63, 3.8) is 0 Å². The van der Waals surface area contributed by atoms with Crippen molar-refractivity contribution in [2.45, 2.75) is 13.8 Å². The third-order valence-corrected chi connectivity index (χ3v) is 4.35. The van der Waals surface area contributed by atoms with Gasteiger partial charge in [-0.2, -0.15) is 5.10 Å². The summed E-state index contributed by atoms with van der Waals surface area (Å²) in [6, 6.07) is 15.4. The summed E-state index contributed by atoms with van der Waals surface area (Å²) < 4.78 is 7.27. The van der Waals surface area contributed by atoms with Crippen molar-refractivity contribution in [2.75, 3.05) is 6.61 Å². The number of carbonyl (C=O) groups excluding carboxylic acids is 1. The molecule has 8 heteroatoms. The maximum Gasteiger partial charge on any atom is 0.277 e. The van der Waals surface area contributed by atoms with Gasteiger partial charge in [-0.15, -0.1) is 0 Å². The van der Waals surface area contributed by atoms with E-state index >= 15 is 0 Å². The molecular formula is C21H20N4O4. The molecule has 1 heterocycles. The fourth-order valence-electron chi connectivity index (χ4n) is 2.62. The van der Waals surface area contributed by atoms with E-state index in [9.17, 15) is 14.9 Å². The van der Waals surface area contributed by atoms with E-state index in [0.717, 1.165) is 16.8 Å². The Labute approximate surface area is 167 Å². The molecule has 1 aromatic heterocycles. The fourth-order valence-corrected chi connectivity index (χ4v) is 2.62. The van der Waals surface area contributed by atoms with Crippen LogP contribution >= 0.6 is 0 Å². The summed E-state index contributed by atoms with van der Waals surface area (Å²) in [5, 5.41) is 14.7. The lowest BCUT2D eigenvalue weighted by Crippen LogP contribution is -2.24. The standard InChI is InChI=1S/C21H20N4O4/c1-15-5-10-20(12-16(15)2)29-14-21(26)23-22-13-19-4-3-11-24(19)17-6-8-18(9-7-17)25(27)28/h3-13H,14H2,1-2H3,(H,23,26)/b22-13+. The Hall–Kier alpha value is -3.94. The molecule has 0 aliphatic heterocycles. The number of nitrogens with zero attached hydrogens (tertiary/aromatic N) is 3. The van der Waals surface area contributed by atoms with Crippen molar-refractivity contribution in [3.05, 3.63) is 87.7 Å². The Morgan fingerprint density at radius 3 is 2.62 bits per heavy atom. The molecular weight excluding hydrogens is 372 g/mol. The van der Waals surface area contributed by atoms with Gasteiger partial charge in [-0.3, -0.25) is 14.9 Å². The Bertz CT molecular complexity index is 1050. The van der Waals surface area contributed by atoms with Gasteiger partial charge in [-0.05, 0) is 61.4 Å². The Morgan fingerprint density at radius 1 is 1.17 bits per heavy atom. The lowest BCUT2D eigenvalue weighted by molar-refractivity contribution is -0.384. The van der Waals surface area contributed by atoms with Gasteiger partial charge in [0.2, 0.25) is 0 Å². The Morgan fingerprint density at radius 2 is 1.93 bits per heavy atom. The molecule has 0 radical (unpaired) electrons. The summed E-state index contributed by atoms with van der Waals surface area (Å²) in [5.41, 5.74) is 6.13. The van der Waals surface area contributed by atoms with Crippen LogP contribution in [0, 0.1) is 24.0 Å². The summed E-state index contributed by atoms with van der Waals surface area (Å²) >= 11 is 0. The zero-order valence-electron chi connectivity index (χ0n) is 16.0. The fraction of sp³-hybridized carbons (Fsp3) is 0.143. The number of ether oxygens (including phenoxy) is 1. The van der Waals surface area contributed by atoms with Crippen LogP contribution in [-0.2, 0) is 4.79 Å². The molecule has 8 nitrogen and oxygen atoms in total. The summed E-state index contributed by atoms with van der Waals surface area (Å²) in [6.45, 7) is 3.84. The number of nitro benzene ring substituents is 1. The molecule has 0 fully saturated rings. The molecule has 1 N–H and O–H groups in total. The highest BCUT2D eigenvalue weighted by molar-refractivity contribution is 5.82. The number of hydrazone groups is 1. The van der Waals surface area contributed by atoms with E-state index in [-0.39, 0.29) is 18.2 Å². The molecule has 148 valence electrons. The number of nitrogens with one attached hydrogen (secondary N) is 1. The summed E-state index contributed by atoms with van der Waals surface area (Å²) in [7, 11) is 0. The number of carbonyl (C=O) groups is 1. The van der Waals surface area contributed by atoms with Crippen LogP contribution in [0.4, 0.5) is 5.69 Å². The topological polar surface area (TPSA) is 98.8 Å². The van der Waals surface area contributed by atoms with Gasteiger partial charge in [0.1, 0.15) is 5.75 Å². The maximum absolute atomic E-state index is 11.9. The van der Waals surface area contributed by atoms with Crippen molar-refractivity contribution < 1.29 is 14.5 Å². The van der Waals surface area contributed by atoms with E-state index in [1.165, 1.54) is 18.3 Å². The number of amides is 1. The molecule has 2 aromatic carbocycles. The normalized spacial score (nSPS) is 10.8. The number of hydrogen-bond donors (Lipinski definition) is 1. The van der Waals surface area contributed by atoms with Crippen LogP contribution in [0.1, 0.15) is 16.8 Å². The van der Waals surface area contributed by atoms with Gasteiger partial charge in [-0.1, -0.05) is 6.07 Å². The number of nitro groups is 1. The number of aryl methyl sites for hydroxylation is 2. The van der Waals surface area contributed by atoms with E-state index in [1.54, 1.807) is 22.9 Å². The second-order valence-corrected chi connectivity index (χ2v) is 6.40. The van der Waals surface area contributed by atoms with Gasteiger partial charge in [-0.25, -0.2) is 5.43 Å². The predicted molar refractivity (Wildman–Crippen MR) is 110 cm³/mol. The van der Waals surface area contributed by atoms with Crippen LogP contribution in [0.2, 0.25) is 0 Å². The van der Waals surface area contributed by atoms with Gasteiger partial charge in [0, 0.05) is 24.0 Å². The first-order valence-corrected chi connectivity index (χ1v) is 8.88. The Kier molecular flexibility index (Phi) is 6.03. The van der Waals surface area contributed by atoms with Gasteiger partial charge >= 0.3 is 0 Å². The SMILES string of the molecule is Cc1ccc(OCC(=O)N/N=C/c2cccn2-c2ccc([N+](=O)[O-])cc2)cc1C. The molecule has 3 aromatic rings. The smallest absolute Gasteiger partial charge is 0.277 e. The summed E-state index contributed by atoms with van der Waals surface area (Å²) in [4.78, 5) is 22.3. The number of benzene rings is 2. The van der Waals surface area contributed by atoms with Gasteiger partial charge in [0.05, 0.1) is 16.8 Å². The van der Waals surface area contributed by atoms with Crippen LogP contribution in [0.3, 0.4) is 0 Å². The number of non-ortho nitro benzene ring substituents is 1. The first kappa shape index (κ1) is 19.8. The lowest BCUT2D eigenvalue weighted by Gasteiger charge is -2.07.